The summed E-state index contributed by atoms with van der Waals surface area (Å²) >= 11 is 5.61. The molecule has 1 atom stereocenters. The van der Waals surface area contributed by atoms with E-state index in [1.165, 1.54) is 4.90 Å². The van der Waals surface area contributed by atoms with Gasteiger partial charge >= 0.3 is 6.03 Å². The minimum Gasteiger partial charge on any atom is -0.319 e. The molecule has 1 heterocycles. The predicted octanol–water partition coefficient (Wildman–Crippen LogP) is 2.47. The summed E-state index contributed by atoms with van der Waals surface area (Å²) in [7, 11) is 0. The van der Waals surface area contributed by atoms with E-state index < -0.39 is 5.54 Å². The van der Waals surface area contributed by atoms with Crippen molar-refractivity contribution < 1.29 is 9.59 Å². The average molecular weight is 281 g/mol. The van der Waals surface area contributed by atoms with Crippen molar-refractivity contribution in [1.82, 2.24) is 10.2 Å². The molecule has 0 aliphatic carbocycles. The maximum absolute atomic E-state index is 12.4. The van der Waals surface area contributed by atoms with Crippen LogP contribution < -0.4 is 5.32 Å². The average Bonchev–Trinajstić information content (AvgIpc) is 2.64. The first kappa shape index (κ1) is 13.9. The van der Waals surface area contributed by atoms with Crippen molar-refractivity contribution in [3.63, 3.8) is 0 Å². The minimum absolute atomic E-state index is 0.196. The highest BCUT2D eigenvalue weighted by atomic mass is 35.5. The Morgan fingerprint density at radius 3 is 2.53 bits per heavy atom. The molecule has 2 rings (SSSR count). The van der Waals surface area contributed by atoms with Crippen LogP contribution in [0.3, 0.4) is 0 Å². The lowest BCUT2D eigenvalue weighted by Crippen LogP contribution is -2.40. The molecule has 1 aromatic rings. The van der Waals surface area contributed by atoms with Gasteiger partial charge in [-0.15, -0.1) is 11.6 Å². The summed E-state index contributed by atoms with van der Waals surface area (Å²) in [5.74, 6) is 0.345. The van der Waals surface area contributed by atoms with Crippen LogP contribution in [0.4, 0.5) is 4.79 Å². The van der Waals surface area contributed by atoms with Crippen LogP contribution in [0.2, 0.25) is 0 Å². The summed E-state index contributed by atoms with van der Waals surface area (Å²) in [4.78, 5) is 25.6. The van der Waals surface area contributed by atoms with Crippen molar-refractivity contribution in [3.8, 4) is 0 Å². The number of imide groups is 1. The van der Waals surface area contributed by atoms with Crippen molar-refractivity contribution in [1.29, 1.82) is 0 Å². The fraction of sp³-hybridized carbons (Fsp3) is 0.429. The monoisotopic (exact) mass is 280 g/mol. The lowest BCUT2D eigenvalue weighted by atomic mass is 9.92. The molecule has 4 nitrogen and oxygen atoms in total. The number of carbonyl (C=O) groups excluding carboxylic acids is 2. The molecule has 3 amide bonds. The van der Waals surface area contributed by atoms with E-state index in [4.69, 9.17) is 11.6 Å². The largest absolute Gasteiger partial charge is 0.325 e. The Morgan fingerprint density at radius 2 is 1.89 bits per heavy atom. The maximum Gasteiger partial charge on any atom is 0.325 e. The van der Waals surface area contributed by atoms with Gasteiger partial charge in [-0.1, -0.05) is 30.3 Å². The maximum atomic E-state index is 12.4. The van der Waals surface area contributed by atoms with E-state index >= 15 is 0 Å². The van der Waals surface area contributed by atoms with Gasteiger partial charge in [0.05, 0.1) is 0 Å². The first-order chi connectivity index (χ1) is 9.09. The molecular weight excluding hydrogens is 264 g/mol. The van der Waals surface area contributed by atoms with E-state index in [1.807, 2.05) is 30.3 Å². The molecule has 0 aromatic heterocycles. The topological polar surface area (TPSA) is 49.4 Å². The standard InChI is InChI=1S/C14H17ClN2O2/c1-14(11-7-3-2-4-8-11)12(18)17(13(19)16-14)10-6-5-9-15/h2-4,7-8H,5-6,9-10H2,1H3,(H,16,19). The van der Waals surface area contributed by atoms with E-state index in [0.717, 1.165) is 18.4 Å². The Morgan fingerprint density at radius 1 is 1.21 bits per heavy atom. The van der Waals surface area contributed by atoms with Gasteiger partial charge < -0.3 is 5.32 Å². The highest BCUT2D eigenvalue weighted by Gasteiger charge is 2.48. The summed E-state index contributed by atoms with van der Waals surface area (Å²) in [5, 5.41) is 2.78. The Labute approximate surface area is 117 Å². The molecule has 1 N–H and O–H groups in total. The van der Waals surface area contributed by atoms with Gasteiger partial charge in [-0.05, 0) is 25.3 Å². The summed E-state index contributed by atoms with van der Waals surface area (Å²) in [6, 6.07) is 8.96. The third-order valence-electron chi connectivity index (χ3n) is 3.39. The van der Waals surface area contributed by atoms with Crippen molar-refractivity contribution in [2.45, 2.75) is 25.3 Å². The highest BCUT2D eigenvalue weighted by Crippen LogP contribution is 2.28. The second-order valence-electron chi connectivity index (χ2n) is 4.77. The summed E-state index contributed by atoms with van der Waals surface area (Å²) in [6.45, 7) is 2.16. The molecule has 1 fully saturated rings. The van der Waals surface area contributed by atoms with E-state index in [-0.39, 0.29) is 11.9 Å². The molecule has 102 valence electrons. The zero-order chi connectivity index (χ0) is 13.9. The van der Waals surface area contributed by atoms with Gasteiger partial charge in [0.2, 0.25) is 0 Å². The fourth-order valence-electron chi connectivity index (χ4n) is 2.23. The van der Waals surface area contributed by atoms with E-state index in [2.05, 4.69) is 5.32 Å². The summed E-state index contributed by atoms with van der Waals surface area (Å²) in [6.07, 6.45) is 1.52. The number of hydrogen-bond donors (Lipinski definition) is 1. The number of carbonyl (C=O) groups is 2. The molecule has 0 spiro atoms. The number of hydrogen-bond acceptors (Lipinski definition) is 2. The normalized spacial score (nSPS) is 22.7. The SMILES string of the molecule is CC1(c2ccccc2)NC(=O)N(CCCCCl)C1=O. The van der Waals surface area contributed by atoms with E-state index in [0.29, 0.717) is 12.4 Å². The third-order valence-corrected chi connectivity index (χ3v) is 3.66. The third kappa shape index (κ3) is 2.59. The van der Waals surface area contributed by atoms with Gasteiger partial charge in [-0.2, -0.15) is 0 Å². The van der Waals surface area contributed by atoms with Crippen LogP contribution in [0.25, 0.3) is 0 Å². The molecule has 0 bridgehead atoms. The number of urea groups is 1. The molecule has 1 saturated heterocycles. The van der Waals surface area contributed by atoms with Crippen LogP contribution in [-0.2, 0) is 10.3 Å². The van der Waals surface area contributed by atoms with Crippen LogP contribution in [0.15, 0.2) is 30.3 Å². The molecule has 1 aliphatic heterocycles. The smallest absolute Gasteiger partial charge is 0.319 e. The van der Waals surface area contributed by atoms with Crippen LogP contribution in [-0.4, -0.2) is 29.3 Å². The van der Waals surface area contributed by atoms with Crippen molar-refractivity contribution in [2.75, 3.05) is 12.4 Å². The Hall–Kier alpha value is -1.55. The molecule has 5 heteroatoms. The molecule has 1 aliphatic rings. The number of nitrogens with one attached hydrogen (secondary N) is 1. The fourth-order valence-corrected chi connectivity index (χ4v) is 2.42. The highest BCUT2D eigenvalue weighted by molar-refractivity contribution is 6.17. The second kappa shape index (κ2) is 5.61. The lowest BCUT2D eigenvalue weighted by molar-refractivity contribution is -0.131. The molecule has 0 saturated carbocycles. The van der Waals surface area contributed by atoms with Gasteiger partial charge in [0.15, 0.2) is 0 Å². The van der Waals surface area contributed by atoms with Crippen LogP contribution >= 0.6 is 11.6 Å². The molecular formula is C14H17ClN2O2. The molecule has 1 unspecified atom stereocenters. The van der Waals surface area contributed by atoms with Crippen molar-refractivity contribution >= 4 is 23.5 Å². The van der Waals surface area contributed by atoms with Gasteiger partial charge in [0.1, 0.15) is 5.54 Å². The van der Waals surface area contributed by atoms with Crippen molar-refractivity contribution in [3.05, 3.63) is 35.9 Å². The Balaban J connectivity index is 2.17. The zero-order valence-corrected chi connectivity index (χ0v) is 11.6. The Bertz CT molecular complexity index is 478. The van der Waals surface area contributed by atoms with Crippen molar-refractivity contribution in [2.24, 2.45) is 0 Å². The second-order valence-corrected chi connectivity index (χ2v) is 5.15. The van der Waals surface area contributed by atoms with Gasteiger partial charge in [0.25, 0.3) is 5.91 Å². The van der Waals surface area contributed by atoms with Gasteiger partial charge in [0, 0.05) is 12.4 Å². The number of unbranched alkanes of at least 4 members (excludes halogenated alkanes) is 1. The van der Waals surface area contributed by atoms with Crippen LogP contribution in [0.5, 0.6) is 0 Å². The number of alkyl halides is 1. The van der Waals surface area contributed by atoms with Crippen LogP contribution in [0.1, 0.15) is 25.3 Å². The molecule has 19 heavy (non-hydrogen) atoms. The predicted molar refractivity (Wildman–Crippen MR) is 74.0 cm³/mol. The number of rotatable bonds is 5. The number of benzene rings is 1. The van der Waals surface area contributed by atoms with Gasteiger partial charge in [-0.25, -0.2) is 4.79 Å². The number of amides is 3. The number of halogens is 1. The quantitative estimate of drug-likeness (QED) is 0.512. The van der Waals surface area contributed by atoms with E-state index in [9.17, 15) is 9.59 Å². The first-order valence-corrected chi connectivity index (χ1v) is 6.88. The Kier molecular flexibility index (Phi) is 4.10. The number of nitrogens with zero attached hydrogens (tertiary/aromatic N) is 1. The first-order valence-electron chi connectivity index (χ1n) is 6.35. The molecule has 1 aromatic carbocycles. The lowest BCUT2D eigenvalue weighted by Gasteiger charge is -2.22. The summed E-state index contributed by atoms with van der Waals surface area (Å²) in [5.41, 5.74) is -0.160. The van der Waals surface area contributed by atoms with Gasteiger partial charge in [-0.3, -0.25) is 9.69 Å². The molecule has 0 radical (unpaired) electrons. The summed E-state index contributed by atoms with van der Waals surface area (Å²) < 4.78 is 0. The minimum atomic E-state index is -0.959. The van der Waals surface area contributed by atoms with E-state index in [1.54, 1.807) is 6.92 Å². The zero-order valence-electron chi connectivity index (χ0n) is 10.9. The van der Waals surface area contributed by atoms with Crippen LogP contribution in [0, 0.1) is 0 Å².